The molecule has 0 fully saturated rings. The number of hydrogen-bond donors (Lipinski definition) is 0. The highest BCUT2D eigenvalue weighted by Gasteiger charge is 2.26. The first-order valence-corrected chi connectivity index (χ1v) is 7.86. The zero-order valence-electron chi connectivity index (χ0n) is 13.5. The zero-order chi connectivity index (χ0) is 17.0. The van der Waals surface area contributed by atoms with Gasteiger partial charge in [0.25, 0.3) is 0 Å². The van der Waals surface area contributed by atoms with Crippen LogP contribution in [-0.2, 0) is 38.0 Å². The molecule has 0 saturated carbocycles. The molecule has 0 saturated heterocycles. The second-order valence-electron chi connectivity index (χ2n) is 4.87. The Morgan fingerprint density at radius 3 is 1.12 bits per heavy atom. The summed E-state index contributed by atoms with van der Waals surface area (Å²) in [4.78, 5) is 23.8. The van der Waals surface area contributed by atoms with E-state index < -0.39 is 11.6 Å². The van der Waals surface area contributed by atoms with Crippen molar-refractivity contribution in [2.24, 2.45) is 0 Å². The molecule has 0 radical (unpaired) electrons. The summed E-state index contributed by atoms with van der Waals surface area (Å²) >= 11 is 0. The van der Waals surface area contributed by atoms with Crippen LogP contribution in [0.5, 0.6) is 0 Å². The summed E-state index contributed by atoms with van der Waals surface area (Å²) in [5.74, 6) is -0.994. The molecule has 24 heavy (non-hydrogen) atoms. The van der Waals surface area contributed by atoms with Crippen LogP contribution in [0.1, 0.15) is 0 Å². The molecular formula is C16H22O8. The van der Waals surface area contributed by atoms with E-state index in [0.29, 0.717) is 39.6 Å². The fourth-order valence-corrected chi connectivity index (χ4v) is 1.97. The van der Waals surface area contributed by atoms with E-state index in [1.165, 1.54) is 12.2 Å². The van der Waals surface area contributed by atoms with Crippen molar-refractivity contribution in [2.75, 3.05) is 66.1 Å². The van der Waals surface area contributed by atoms with Crippen LogP contribution in [0.15, 0.2) is 23.7 Å². The van der Waals surface area contributed by atoms with E-state index in [0.717, 1.165) is 0 Å². The van der Waals surface area contributed by atoms with Gasteiger partial charge < -0.3 is 28.4 Å². The SMILES string of the molecule is O=C1C=CC(=O)C2=C1OCCOCCOCCOCCOCCO2. The van der Waals surface area contributed by atoms with Crippen molar-refractivity contribution in [1.82, 2.24) is 0 Å². The minimum atomic E-state index is -0.406. The second kappa shape index (κ2) is 10.9. The van der Waals surface area contributed by atoms with Crippen molar-refractivity contribution < 1.29 is 38.0 Å². The Bertz CT molecular complexity index is 440. The van der Waals surface area contributed by atoms with E-state index in [1.54, 1.807) is 0 Å². The van der Waals surface area contributed by atoms with Gasteiger partial charge in [-0.25, -0.2) is 0 Å². The quantitative estimate of drug-likeness (QED) is 0.569. The van der Waals surface area contributed by atoms with E-state index in [2.05, 4.69) is 0 Å². The average molecular weight is 342 g/mol. The fraction of sp³-hybridized carbons (Fsp3) is 0.625. The normalized spacial score (nSPS) is 22.8. The Balaban J connectivity index is 1.91. The number of ether oxygens (including phenoxy) is 6. The summed E-state index contributed by atoms with van der Waals surface area (Å²) in [6.45, 7) is 3.47. The van der Waals surface area contributed by atoms with Crippen LogP contribution < -0.4 is 0 Å². The maximum Gasteiger partial charge on any atom is 0.224 e. The molecule has 1 heterocycles. The molecule has 8 heteroatoms. The van der Waals surface area contributed by atoms with Gasteiger partial charge in [-0.15, -0.1) is 0 Å². The minimum absolute atomic E-state index is 0.0909. The first kappa shape index (κ1) is 18.6. The summed E-state index contributed by atoms with van der Waals surface area (Å²) in [5, 5.41) is 0. The summed E-state index contributed by atoms with van der Waals surface area (Å²) in [6, 6.07) is 0. The van der Waals surface area contributed by atoms with Gasteiger partial charge in [-0.3, -0.25) is 9.59 Å². The van der Waals surface area contributed by atoms with Gasteiger partial charge in [0.1, 0.15) is 13.2 Å². The molecule has 2 rings (SSSR count). The van der Waals surface area contributed by atoms with Crippen molar-refractivity contribution in [2.45, 2.75) is 0 Å². The number of carbonyl (C=O) groups excluding carboxylic acids is 2. The molecular weight excluding hydrogens is 320 g/mol. The van der Waals surface area contributed by atoms with Crippen molar-refractivity contribution in [1.29, 1.82) is 0 Å². The first-order valence-electron chi connectivity index (χ1n) is 7.86. The van der Waals surface area contributed by atoms with Crippen molar-refractivity contribution >= 4 is 11.6 Å². The third-order valence-electron chi connectivity index (χ3n) is 3.10. The van der Waals surface area contributed by atoms with Gasteiger partial charge in [-0.1, -0.05) is 0 Å². The molecule has 1 aliphatic carbocycles. The average Bonchev–Trinajstić information content (AvgIpc) is 2.58. The predicted molar refractivity (Wildman–Crippen MR) is 81.4 cm³/mol. The molecule has 0 aromatic heterocycles. The molecule has 0 N–H and O–H groups in total. The van der Waals surface area contributed by atoms with E-state index >= 15 is 0 Å². The van der Waals surface area contributed by atoms with Crippen LogP contribution in [0, 0.1) is 0 Å². The predicted octanol–water partition coefficient (Wildman–Crippen LogP) is 0.0192. The van der Waals surface area contributed by atoms with Crippen LogP contribution in [0.3, 0.4) is 0 Å². The molecule has 0 amide bonds. The molecule has 0 unspecified atom stereocenters. The molecule has 1 aliphatic heterocycles. The number of rotatable bonds is 0. The number of allylic oxidation sites excluding steroid dienone is 2. The number of hydrogen-bond acceptors (Lipinski definition) is 8. The Morgan fingerprint density at radius 2 is 0.792 bits per heavy atom. The molecule has 0 bridgehead atoms. The van der Waals surface area contributed by atoms with E-state index in [4.69, 9.17) is 28.4 Å². The van der Waals surface area contributed by atoms with Crippen LogP contribution in [-0.4, -0.2) is 77.6 Å². The Hall–Kier alpha value is -1.74. The summed E-state index contributed by atoms with van der Waals surface area (Å²) in [7, 11) is 0. The van der Waals surface area contributed by atoms with E-state index in [-0.39, 0.29) is 37.9 Å². The van der Waals surface area contributed by atoms with Crippen molar-refractivity contribution in [3.63, 3.8) is 0 Å². The highest BCUT2D eigenvalue weighted by molar-refractivity contribution is 6.18. The molecule has 134 valence electrons. The van der Waals surface area contributed by atoms with Gasteiger partial charge in [0.2, 0.25) is 23.1 Å². The summed E-state index contributed by atoms with van der Waals surface area (Å²) in [5.41, 5.74) is 0. The Kier molecular flexibility index (Phi) is 8.47. The van der Waals surface area contributed by atoms with Gasteiger partial charge in [0, 0.05) is 0 Å². The monoisotopic (exact) mass is 342 g/mol. The fourth-order valence-electron chi connectivity index (χ4n) is 1.97. The summed E-state index contributed by atoms with van der Waals surface area (Å²) < 4.78 is 32.1. The third kappa shape index (κ3) is 6.40. The second-order valence-corrected chi connectivity index (χ2v) is 4.87. The van der Waals surface area contributed by atoms with Gasteiger partial charge >= 0.3 is 0 Å². The molecule has 0 spiro atoms. The van der Waals surface area contributed by atoms with Crippen LogP contribution in [0.25, 0.3) is 0 Å². The maximum absolute atomic E-state index is 11.9. The van der Waals surface area contributed by atoms with Gasteiger partial charge in [0.05, 0.1) is 52.9 Å². The van der Waals surface area contributed by atoms with Gasteiger partial charge in [-0.2, -0.15) is 0 Å². The maximum atomic E-state index is 11.9. The molecule has 2 aliphatic rings. The lowest BCUT2D eigenvalue weighted by atomic mass is 10.1. The molecule has 0 aromatic rings. The lowest BCUT2D eigenvalue weighted by Crippen LogP contribution is -2.22. The number of ketones is 2. The molecule has 8 nitrogen and oxygen atoms in total. The topological polar surface area (TPSA) is 89.5 Å². The Morgan fingerprint density at radius 1 is 0.500 bits per heavy atom. The minimum Gasteiger partial charge on any atom is -0.484 e. The zero-order valence-corrected chi connectivity index (χ0v) is 13.5. The highest BCUT2D eigenvalue weighted by Crippen LogP contribution is 2.16. The van der Waals surface area contributed by atoms with E-state index in [1.807, 2.05) is 0 Å². The largest absolute Gasteiger partial charge is 0.484 e. The van der Waals surface area contributed by atoms with E-state index in [9.17, 15) is 9.59 Å². The lowest BCUT2D eigenvalue weighted by molar-refractivity contribution is -0.121. The van der Waals surface area contributed by atoms with Crippen LogP contribution >= 0.6 is 0 Å². The van der Waals surface area contributed by atoms with Crippen molar-refractivity contribution in [3.8, 4) is 0 Å². The summed E-state index contributed by atoms with van der Waals surface area (Å²) in [6.07, 6.45) is 2.33. The molecule has 0 aromatic carbocycles. The smallest absolute Gasteiger partial charge is 0.224 e. The lowest BCUT2D eigenvalue weighted by Gasteiger charge is -2.16. The first-order chi connectivity index (χ1) is 11.8. The van der Waals surface area contributed by atoms with Gasteiger partial charge in [0.15, 0.2) is 0 Å². The number of carbonyl (C=O) groups is 2. The third-order valence-corrected chi connectivity index (χ3v) is 3.10. The Labute approximate surface area is 140 Å². The molecule has 0 atom stereocenters. The van der Waals surface area contributed by atoms with Crippen molar-refractivity contribution in [3.05, 3.63) is 23.7 Å². The highest BCUT2D eigenvalue weighted by atomic mass is 16.6. The van der Waals surface area contributed by atoms with Gasteiger partial charge in [-0.05, 0) is 12.2 Å². The van der Waals surface area contributed by atoms with Crippen LogP contribution in [0.2, 0.25) is 0 Å². The standard InChI is InChI=1S/C16H22O8/c17-13-1-2-14(18)16-15(13)23-11-9-21-7-5-19-3-4-20-6-8-22-10-12-24-16/h1-2H,3-12H2. The van der Waals surface area contributed by atoms with Crippen LogP contribution in [0.4, 0.5) is 0 Å².